The van der Waals surface area contributed by atoms with Crippen LogP contribution in [0.25, 0.3) is 22.1 Å². The van der Waals surface area contributed by atoms with E-state index in [-0.39, 0.29) is 11.8 Å². The second-order valence-electron chi connectivity index (χ2n) is 9.11. The van der Waals surface area contributed by atoms with Gasteiger partial charge in [0.2, 0.25) is 0 Å². The Kier molecular flexibility index (Phi) is 8.29. The molecule has 8 nitrogen and oxygen atoms in total. The lowest BCUT2D eigenvalue weighted by atomic mass is 10.0. The van der Waals surface area contributed by atoms with Crippen molar-refractivity contribution in [1.82, 2.24) is 0 Å². The lowest BCUT2D eigenvalue weighted by Crippen LogP contribution is -2.46. The summed E-state index contributed by atoms with van der Waals surface area (Å²) in [7, 11) is 1.25. The Morgan fingerprint density at radius 3 is 2.16 bits per heavy atom. The van der Waals surface area contributed by atoms with Crippen molar-refractivity contribution < 1.29 is 27.5 Å². The van der Waals surface area contributed by atoms with Crippen LogP contribution in [0.15, 0.2) is 77.2 Å². The van der Waals surface area contributed by atoms with Gasteiger partial charge in [-0.05, 0) is 53.8 Å². The number of nitrogens with one attached hydrogen (secondary N) is 1. The number of methoxy groups -OCH3 is 1. The highest BCUT2D eigenvalue weighted by atomic mass is 32.2. The van der Waals surface area contributed by atoms with Crippen LogP contribution >= 0.6 is 0 Å². The molecule has 0 aliphatic heterocycles. The van der Waals surface area contributed by atoms with Gasteiger partial charge >= 0.3 is 5.97 Å². The number of carbonyl (C=O) groups excluding carboxylic acids is 2. The van der Waals surface area contributed by atoms with Crippen LogP contribution in [-0.4, -0.2) is 33.8 Å². The van der Waals surface area contributed by atoms with Gasteiger partial charge in [-0.1, -0.05) is 63.2 Å². The van der Waals surface area contributed by atoms with Crippen molar-refractivity contribution in [1.29, 1.82) is 0 Å². The maximum Gasteiger partial charge on any atom is 0.329 e. The number of esters is 1. The fraction of sp³-hybridized carbons (Fsp3) is 0.241. The molecule has 2 N–H and O–H groups in total. The van der Waals surface area contributed by atoms with Crippen LogP contribution in [0, 0.1) is 5.92 Å². The second kappa shape index (κ2) is 11.6. The Morgan fingerprint density at radius 1 is 1.00 bits per heavy atom. The first-order chi connectivity index (χ1) is 18.2. The Balaban J connectivity index is 1.52. The topological polar surface area (TPSA) is 109 Å². The Morgan fingerprint density at radius 2 is 1.61 bits per heavy atom. The molecule has 2 unspecified atom stereocenters. The molecular weight excluding hydrogens is 504 g/mol. The summed E-state index contributed by atoms with van der Waals surface area (Å²) < 4.78 is 33.9. The van der Waals surface area contributed by atoms with Crippen LogP contribution in [0.2, 0.25) is 0 Å². The molecule has 4 aromatic rings. The number of aryl methyl sites for hydroxylation is 1. The van der Waals surface area contributed by atoms with Crippen molar-refractivity contribution in [2.75, 3.05) is 16.7 Å². The molecule has 9 heteroatoms. The summed E-state index contributed by atoms with van der Waals surface area (Å²) in [5.41, 5.74) is 4.35. The first-order valence-electron chi connectivity index (χ1n) is 12.2. The molecule has 1 aromatic heterocycles. The maximum absolute atomic E-state index is 13.0. The normalized spacial score (nSPS) is 12.8. The minimum absolute atomic E-state index is 0.256. The second-order valence-corrected chi connectivity index (χ2v) is 9.96. The highest BCUT2D eigenvalue weighted by molar-refractivity contribution is 7.80. The minimum atomic E-state index is -2.43. The molecule has 0 saturated heterocycles. The van der Waals surface area contributed by atoms with Crippen molar-refractivity contribution in [3.63, 3.8) is 0 Å². The highest BCUT2D eigenvalue weighted by Crippen LogP contribution is 2.30. The van der Waals surface area contributed by atoms with Crippen molar-refractivity contribution in [3.05, 3.63) is 84.1 Å². The molecule has 38 heavy (non-hydrogen) atoms. The molecule has 0 radical (unpaired) electrons. The predicted molar refractivity (Wildman–Crippen MR) is 149 cm³/mol. The first-order valence-corrected chi connectivity index (χ1v) is 13.3. The molecule has 1 amide bonds. The van der Waals surface area contributed by atoms with Gasteiger partial charge in [0.15, 0.2) is 5.76 Å². The average molecular weight is 535 g/mol. The fourth-order valence-electron chi connectivity index (χ4n) is 4.48. The van der Waals surface area contributed by atoms with Gasteiger partial charge in [0.05, 0.1) is 12.8 Å². The summed E-state index contributed by atoms with van der Waals surface area (Å²) in [6.45, 7) is 5.56. The van der Waals surface area contributed by atoms with E-state index in [0.717, 1.165) is 26.4 Å². The predicted octanol–water partition coefficient (Wildman–Crippen LogP) is 6.06. The Hall–Kier alpha value is -3.95. The number of benzene rings is 3. The highest BCUT2D eigenvalue weighted by Gasteiger charge is 2.33. The van der Waals surface area contributed by atoms with Gasteiger partial charge in [-0.25, -0.2) is 9.00 Å². The molecular formula is C29H30N2O6S. The van der Waals surface area contributed by atoms with Gasteiger partial charge in [-0.3, -0.25) is 13.7 Å². The molecule has 3 aromatic carbocycles. The molecule has 0 bridgehead atoms. The van der Waals surface area contributed by atoms with E-state index in [1.807, 2.05) is 43.3 Å². The minimum Gasteiger partial charge on any atom is -0.467 e. The number of ether oxygens (including phenoxy) is 1. The number of furan rings is 1. The van der Waals surface area contributed by atoms with E-state index in [1.54, 1.807) is 50.2 Å². The van der Waals surface area contributed by atoms with E-state index in [4.69, 9.17) is 9.15 Å². The van der Waals surface area contributed by atoms with Crippen molar-refractivity contribution >= 4 is 45.5 Å². The third-order valence-electron chi connectivity index (χ3n) is 6.35. The third-order valence-corrected chi connectivity index (χ3v) is 7.13. The number of nitrogens with zero attached hydrogens (tertiary/aromatic N) is 1. The lowest BCUT2D eigenvalue weighted by molar-refractivity contribution is -0.142. The molecule has 0 aliphatic carbocycles. The zero-order valence-corrected chi connectivity index (χ0v) is 22.5. The SMILES string of the molecule is CCc1c(C(=O)Nc2ccc(-c3ccc(N(C(C(=O)OC)C(C)C)S(=O)O)cc3)cc2)oc2ccccc12. The molecule has 0 fully saturated rings. The van der Waals surface area contributed by atoms with Gasteiger partial charge in [0.1, 0.15) is 11.6 Å². The molecule has 0 spiro atoms. The summed E-state index contributed by atoms with van der Waals surface area (Å²) in [6.07, 6.45) is 0.674. The fourth-order valence-corrected chi connectivity index (χ4v) is 5.30. The van der Waals surface area contributed by atoms with E-state index < -0.39 is 23.3 Å². The number of fused-ring (bicyclic) bond motifs is 1. The molecule has 198 valence electrons. The van der Waals surface area contributed by atoms with Gasteiger partial charge in [-0.15, -0.1) is 0 Å². The Labute approximate surface area is 224 Å². The van der Waals surface area contributed by atoms with Crippen molar-refractivity contribution in [2.24, 2.45) is 5.92 Å². The zero-order valence-electron chi connectivity index (χ0n) is 21.6. The molecule has 2 atom stereocenters. The maximum atomic E-state index is 13.0. The van der Waals surface area contributed by atoms with Crippen LogP contribution in [0.3, 0.4) is 0 Å². The smallest absolute Gasteiger partial charge is 0.329 e. The third kappa shape index (κ3) is 5.49. The monoisotopic (exact) mass is 534 g/mol. The summed E-state index contributed by atoms with van der Waals surface area (Å²) >= 11 is -2.43. The molecule has 4 rings (SSSR count). The molecule has 0 aliphatic rings. The standard InChI is InChI=1S/C29H30N2O6S/c1-5-23-24-8-6-7-9-25(24)37-27(23)28(32)30-21-14-10-19(11-15-21)20-12-16-22(17-13-20)31(38(34)35)26(18(2)3)29(33)36-4/h6-18,26H,5H2,1-4H3,(H,30,32)(H,34,35). The zero-order chi connectivity index (χ0) is 27.4. The van der Waals surface area contributed by atoms with E-state index in [9.17, 15) is 18.4 Å². The number of rotatable bonds is 9. The van der Waals surface area contributed by atoms with Crippen molar-refractivity contribution in [3.8, 4) is 11.1 Å². The van der Waals surface area contributed by atoms with Gasteiger partial charge in [0.25, 0.3) is 17.2 Å². The summed E-state index contributed by atoms with van der Waals surface area (Å²) in [4.78, 5) is 25.3. The van der Waals surface area contributed by atoms with E-state index in [2.05, 4.69) is 5.32 Å². The van der Waals surface area contributed by atoms with Gasteiger partial charge < -0.3 is 14.5 Å². The summed E-state index contributed by atoms with van der Waals surface area (Å²) in [5.74, 6) is -0.838. The van der Waals surface area contributed by atoms with Gasteiger partial charge in [-0.2, -0.15) is 0 Å². The summed E-state index contributed by atoms with van der Waals surface area (Å²) in [6, 6.07) is 21.0. The van der Waals surface area contributed by atoms with Crippen LogP contribution < -0.4 is 9.62 Å². The molecule has 0 saturated carbocycles. The first kappa shape index (κ1) is 27.1. The largest absolute Gasteiger partial charge is 0.467 e. The van der Waals surface area contributed by atoms with Gasteiger partial charge in [0, 0.05) is 16.6 Å². The van der Waals surface area contributed by atoms with Crippen LogP contribution in [0.5, 0.6) is 0 Å². The molecule has 1 heterocycles. The number of para-hydroxylation sites is 1. The Bertz CT molecular complexity index is 1460. The van der Waals surface area contributed by atoms with Crippen molar-refractivity contribution in [2.45, 2.75) is 33.2 Å². The quantitative estimate of drug-likeness (QED) is 0.200. The summed E-state index contributed by atoms with van der Waals surface area (Å²) in [5, 5.41) is 3.84. The number of hydrogen-bond acceptors (Lipinski definition) is 5. The number of hydrogen-bond donors (Lipinski definition) is 2. The van der Waals surface area contributed by atoms with E-state index in [0.29, 0.717) is 29.1 Å². The lowest BCUT2D eigenvalue weighted by Gasteiger charge is -2.30. The van der Waals surface area contributed by atoms with E-state index >= 15 is 0 Å². The van der Waals surface area contributed by atoms with Crippen LogP contribution in [0.1, 0.15) is 36.9 Å². The van der Waals surface area contributed by atoms with Crippen LogP contribution in [0.4, 0.5) is 11.4 Å². The van der Waals surface area contributed by atoms with E-state index in [1.165, 1.54) is 7.11 Å². The number of carbonyl (C=O) groups is 2. The number of amides is 1. The average Bonchev–Trinajstić information content (AvgIpc) is 3.30. The number of anilines is 2. The van der Waals surface area contributed by atoms with Crippen LogP contribution in [-0.2, 0) is 27.2 Å².